The Balaban J connectivity index is 2.16. The van der Waals surface area contributed by atoms with Gasteiger partial charge in [0.15, 0.2) is 5.75 Å². The summed E-state index contributed by atoms with van der Waals surface area (Å²) in [6.45, 7) is 5.04. The Bertz CT molecular complexity index is 554. The first-order chi connectivity index (χ1) is 9.75. The average molecular weight is 276 g/mol. The van der Waals surface area contributed by atoms with Gasteiger partial charge in [-0.05, 0) is 12.8 Å². The number of anilines is 1. The SMILES string of the molecule is CCCc1nc(NN)cc(Oc2cnn(CCC)c2)n1. The molecular weight excluding hydrogens is 256 g/mol. The van der Waals surface area contributed by atoms with E-state index in [1.807, 2.05) is 10.9 Å². The van der Waals surface area contributed by atoms with E-state index < -0.39 is 0 Å². The molecule has 0 bridgehead atoms. The summed E-state index contributed by atoms with van der Waals surface area (Å²) < 4.78 is 7.54. The summed E-state index contributed by atoms with van der Waals surface area (Å²) >= 11 is 0. The second-order valence-corrected chi connectivity index (χ2v) is 4.44. The first-order valence-corrected chi connectivity index (χ1v) is 6.80. The van der Waals surface area contributed by atoms with Crippen LogP contribution in [0.5, 0.6) is 11.6 Å². The van der Waals surface area contributed by atoms with Gasteiger partial charge < -0.3 is 10.2 Å². The number of hydrogen-bond donors (Lipinski definition) is 2. The van der Waals surface area contributed by atoms with Gasteiger partial charge in [-0.2, -0.15) is 10.1 Å². The zero-order chi connectivity index (χ0) is 14.4. The molecule has 2 heterocycles. The van der Waals surface area contributed by atoms with E-state index >= 15 is 0 Å². The molecule has 0 spiro atoms. The first kappa shape index (κ1) is 14.3. The minimum atomic E-state index is 0.465. The number of nitrogens with zero attached hydrogens (tertiary/aromatic N) is 4. The number of ether oxygens (including phenoxy) is 1. The second kappa shape index (κ2) is 6.85. The van der Waals surface area contributed by atoms with Gasteiger partial charge in [0.25, 0.3) is 0 Å². The average Bonchev–Trinajstić information content (AvgIpc) is 2.86. The summed E-state index contributed by atoms with van der Waals surface area (Å²) in [7, 11) is 0. The fourth-order valence-electron chi connectivity index (χ4n) is 1.80. The predicted octanol–water partition coefficient (Wildman–Crippen LogP) is 2.11. The summed E-state index contributed by atoms with van der Waals surface area (Å²) in [5.74, 6) is 7.78. The number of hydrogen-bond acceptors (Lipinski definition) is 6. The van der Waals surface area contributed by atoms with Crippen molar-refractivity contribution in [1.29, 1.82) is 0 Å². The van der Waals surface area contributed by atoms with Gasteiger partial charge in [-0.15, -0.1) is 0 Å². The molecular formula is C13H20N6O. The number of nitrogens with two attached hydrogens (primary N) is 1. The van der Waals surface area contributed by atoms with E-state index in [9.17, 15) is 0 Å². The molecule has 0 fully saturated rings. The van der Waals surface area contributed by atoms with E-state index in [2.05, 4.69) is 34.3 Å². The highest BCUT2D eigenvalue weighted by molar-refractivity contribution is 5.38. The molecule has 0 aliphatic heterocycles. The lowest BCUT2D eigenvalue weighted by Gasteiger charge is -2.07. The van der Waals surface area contributed by atoms with Crippen molar-refractivity contribution in [3.63, 3.8) is 0 Å². The van der Waals surface area contributed by atoms with E-state index in [1.54, 1.807) is 12.3 Å². The third-order valence-electron chi connectivity index (χ3n) is 2.66. The van der Waals surface area contributed by atoms with Gasteiger partial charge in [-0.25, -0.2) is 10.8 Å². The van der Waals surface area contributed by atoms with Crippen LogP contribution in [0.15, 0.2) is 18.5 Å². The van der Waals surface area contributed by atoms with Gasteiger partial charge in [-0.3, -0.25) is 4.68 Å². The zero-order valence-corrected chi connectivity index (χ0v) is 11.8. The zero-order valence-electron chi connectivity index (χ0n) is 11.8. The van der Waals surface area contributed by atoms with Crippen LogP contribution in [0.3, 0.4) is 0 Å². The molecule has 0 atom stereocenters. The molecule has 0 aliphatic rings. The third-order valence-corrected chi connectivity index (χ3v) is 2.66. The molecule has 7 nitrogen and oxygen atoms in total. The minimum Gasteiger partial charge on any atom is -0.436 e. The monoisotopic (exact) mass is 276 g/mol. The smallest absolute Gasteiger partial charge is 0.224 e. The van der Waals surface area contributed by atoms with Crippen LogP contribution >= 0.6 is 0 Å². The van der Waals surface area contributed by atoms with Crippen LogP contribution in [0.4, 0.5) is 5.82 Å². The van der Waals surface area contributed by atoms with Crippen molar-refractivity contribution in [3.8, 4) is 11.6 Å². The second-order valence-electron chi connectivity index (χ2n) is 4.44. The Kier molecular flexibility index (Phi) is 4.89. The molecule has 20 heavy (non-hydrogen) atoms. The molecule has 0 amide bonds. The van der Waals surface area contributed by atoms with Crippen LogP contribution in [-0.4, -0.2) is 19.7 Å². The molecule has 0 aliphatic carbocycles. The Hall–Kier alpha value is -2.15. The predicted molar refractivity (Wildman–Crippen MR) is 76.4 cm³/mol. The van der Waals surface area contributed by atoms with Crippen molar-refractivity contribution in [3.05, 3.63) is 24.3 Å². The number of aryl methyl sites for hydroxylation is 2. The molecule has 2 aromatic rings. The first-order valence-electron chi connectivity index (χ1n) is 6.80. The molecule has 0 saturated heterocycles. The normalized spacial score (nSPS) is 10.6. The van der Waals surface area contributed by atoms with E-state index in [4.69, 9.17) is 10.6 Å². The number of rotatable bonds is 7. The summed E-state index contributed by atoms with van der Waals surface area (Å²) in [4.78, 5) is 8.63. The van der Waals surface area contributed by atoms with Gasteiger partial charge in [0.05, 0.1) is 12.4 Å². The molecule has 0 unspecified atom stereocenters. The van der Waals surface area contributed by atoms with Crippen LogP contribution < -0.4 is 16.0 Å². The van der Waals surface area contributed by atoms with Gasteiger partial charge >= 0.3 is 0 Å². The van der Waals surface area contributed by atoms with Crippen molar-refractivity contribution in [2.24, 2.45) is 5.84 Å². The van der Waals surface area contributed by atoms with Crippen LogP contribution in [0, 0.1) is 0 Å². The third kappa shape index (κ3) is 3.67. The van der Waals surface area contributed by atoms with Crippen LogP contribution in [0.2, 0.25) is 0 Å². The van der Waals surface area contributed by atoms with Crippen molar-refractivity contribution in [2.45, 2.75) is 39.7 Å². The van der Waals surface area contributed by atoms with Crippen LogP contribution in [-0.2, 0) is 13.0 Å². The van der Waals surface area contributed by atoms with Crippen molar-refractivity contribution in [1.82, 2.24) is 19.7 Å². The van der Waals surface area contributed by atoms with Gasteiger partial charge in [0.1, 0.15) is 11.6 Å². The fraction of sp³-hybridized carbons (Fsp3) is 0.462. The molecule has 2 rings (SSSR count). The highest BCUT2D eigenvalue weighted by atomic mass is 16.5. The number of nitrogens with one attached hydrogen (secondary N) is 1. The number of nitrogen functional groups attached to an aromatic ring is 1. The maximum Gasteiger partial charge on any atom is 0.224 e. The molecule has 0 radical (unpaired) electrons. The van der Waals surface area contributed by atoms with E-state index in [0.29, 0.717) is 23.3 Å². The van der Waals surface area contributed by atoms with Gasteiger partial charge in [-0.1, -0.05) is 13.8 Å². The summed E-state index contributed by atoms with van der Waals surface area (Å²) in [6, 6.07) is 1.66. The number of hydrazine groups is 1. The highest BCUT2D eigenvalue weighted by Crippen LogP contribution is 2.21. The lowest BCUT2D eigenvalue weighted by molar-refractivity contribution is 0.457. The summed E-state index contributed by atoms with van der Waals surface area (Å²) in [5, 5.41) is 4.21. The quantitative estimate of drug-likeness (QED) is 0.594. The fourth-order valence-corrected chi connectivity index (χ4v) is 1.80. The van der Waals surface area contributed by atoms with Crippen molar-refractivity contribution < 1.29 is 4.74 Å². The molecule has 108 valence electrons. The summed E-state index contributed by atoms with van der Waals surface area (Å²) in [6.07, 6.45) is 6.28. The highest BCUT2D eigenvalue weighted by Gasteiger charge is 2.07. The van der Waals surface area contributed by atoms with Gasteiger partial charge in [0.2, 0.25) is 5.88 Å². The maximum atomic E-state index is 5.70. The molecule has 0 saturated carbocycles. The summed E-state index contributed by atoms with van der Waals surface area (Å²) in [5.41, 5.74) is 2.53. The molecule has 3 N–H and O–H groups in total. The maximum absolute atomic E-state index is 5.70. The van der Waals surface area contributed by atoms with Crippen LogP contribution in [0.25, 0.3) is 0 Å². The minimum absolute atomic E-state index is 0.465. The van der Waals surface area contributed by atoms with E-state index in [-0.39, 0.29) is 0 Å². The Labute approximate surface area is 118 Å². The van der Waals surface area contributed by atoms with Crippen molar-refractivity contribution >= 4 is 5.82 Å². The van der Waals surface area contributed by atoms with Crippen molar-refractivity contribution in [2.75, 3.05) is 5.43 Å². The van der Waals surface area contributed by atoms with E-state index in [0.717, 1.165) is 25.8 Å². The molecule has 7 heteroatoms. The van der Waals surface area contributed by atoms with Gasteiger partial charge in [0, 0.05) is 19.0 Å². The molecule has 0 aromatic carbocycles. The lowest BCUT2D eigenvalue weighted by Crippen LogP contribution is -2.10. The van der Waals surface area contributed by atoms with Crippen LogP contribution in [0.1, 0.15) is 32.5 Å². The Morgan fingerprint density at radius 3 is 2.85 bits per heavy atom. The largest absolute Gasteiger partial charge is 0.436 e. The molecule has 2 aromatic heterocycles. The van der Waals surface area contributed by atoms with E-state index in [1.165, 1.54) is 0 Å². The Morgan fingerprint density at radius 1 is 1.30 bits per heavy atom. The number of aromatic nitrogens is 4. The topological polar surface area (TPSA) is 90.9 Å². The standard InChI is InChI=1S/C13H20N6O/c1-3-5-11-16-12(18-14)7-13(17-11)20-10-8-15-19(9-10)6-4-2/h7-9H,3-6,14H2,1-2H3,(H,16,17,18). The lowest BCUT2D eigenvalue weighted by atomic mass is 10.3. The Morgan fingerprint density at radius 2 is 2.15 bits per heavy atom.